The van der Waals surface area contributed by atoms with Crippen molar-refractivity contribution < 1.29 is 0 Å². The summed E-state index contributed by atoms with van der Waals surface area (Å²) in [6.45, 7) is 5.39. The minimum Gasteiger partial charge on any atom is -0.359 e. The zero-order valence-electron chi connectivity index (χ0n) is 11.7. The van der Waals surface area contributed by atoms with Gasteiger partial charge in [-0.2, -0.15) is 9.36 Å². The van der Waals surface area contributed by atoms with E-state index in [9.17, 15) is 0 Å². The summed E-state index contributed by atoms with van der Waals surface area (Å²) in [5, 5.41) is 4.30. The number of rotatable bonds is 7. The molecule has 2 aromatic rings. The highest BCUT2D eigenvalue weighted by molar-refractivity contribution is 7.09. The maximum absolute atomic E-state index is 4.54. The smallest absolute Gasteiger partial charge is 0.202 e. The molecular weight excluding hydrogens is 268 g/mol. The van der Waals surface area contributed by atoms with E-state index < -0.39 is 0 Å². The molecule has 0 bridgehead atoms. The third-order valence-corrected chi connectivity index (χ3v) is 4.28. The number of nitrogens with one attached hydrogen (secondary N) is 1. The van der Waals surface area contributed by atoms with Crippen molar-refractivity contribution in [2.45, 2.75) is 25.8 Å². The van der Waals surface area contributed by atoms with E-state index in [2.05, 4.69) is 26.5 Å². The van der Waals surface area contributed by atoms with Gasteiger partial charge in [-0.05, 0) is 19.4 Å². The molecule has 0 unspecified atom stereocenters. The predicted molar refractivity (Wildman–Crippen MR) is 84.1 cm³/mol. The fraction of sp³-hybridized carbons (Fsp3) is 0.467. The molecule has 0 atom stereocenters. The van der Waals surface area contributed by atoms with Gasteiger partial charge >= 0.3 is 0 Å². The van der Waals surface area contributed by atoms with Gasteiger partial charge in [0.1, 0.15) is 0 Å². The van der Waals surface area contributed by atoms with Gasteiger partial charge in [-0.1, -0.05) is 37.3 Å². The Morgan fingerprint density at radius 2 is 2.10 bits per heavy atom. The summed E-state index contributed by atoms with van der Waals surface area (Å²) < 4.78 is 4.41. The van der Waals surface area contributed by atoms with Crippen LogP contribution in [0.3, 0.4) is 0 Å². The van der Waals surface area contributed by atoms with E-state index in [0.717, 1.165) is 42.2 Å². The molecule has 106 valence electrons. The number of hydrogen-bond donors (Lipinski definition) is 1. The molecule has 0 saturated heterocycles. The molecule has 0 radical (unpaired) electrons. The lowest BCUT2D eigenvalue weighted by Gasteiger charge is -2.19. The van der Waals surface area contributed by atoms with Crippen LogP contribution < -0.4 is 5.32 Å². The van der Waals surface area contributed by atoms with Crippen molar-refractivity contribution in [1.29, 1.82) is 0 Å². The van der Waals surface area contributed by atoms with Crippen LogP contribution in [-0.2, 0) is 0 Å². The summed E-state index contributed by atoms with van der Waals surface area (Å²) in [6.07, 6.45) is 2.73. The van der Waals surface area contributed by atoms with Gasteiger partial charge in [0, 0.05) is 36.2 Å². The van der Waals surface area contributed by atoms with Crippen molar-refractivity contribution in [2.75, 3.05) is 25.0 Å². The van der Waals surface area contributed by atoms with E-state index >= 15 is 0 Å². The first-order valence-electron chi connectivity index (χ1n) is 7.24. The number of nitrogens with zero attached hydrogens (tertiary/aromatic N) is 3. The molecule has 1 saturated carbocycles. The first-order valence-corrected chi connectivity index (χ1v) is 8.01. The topological polar surface area (TPSA) is 41.0 Å². The van der Waals surface area contributed by atoms with E-state index in [0.29, 0.717) is 0 Å². The molecule has 0 spiro atoms. The molecule has 0 amide bonds. The Morgan fingerprint density at radius 1 is 1.30 bits per heavy atom. The molecule has 0 aliphatic heterocycles. The van der Waals surface area contributed by atoms with E-state index in [1.165, 1.54) is 24.4 Å². The first-order chi connectivity index (χ1) is 9.86. The third kappa shape index (κ3) is 3.35. The molecule has 1 aromatic heterocycles. The second kappa shape index (κ2) is 6.33. The highest BCUT2D eigenvalue weighted by Crippen LogP contribution is 2.26. The summed E-state index contributed by atoms with van der Waals surface area (Å²) in [5.41, 5.74) is 1.07. The molecule has 1 N–H and O–H groups in total. The standard InChI is InChI=1S/C15H20N4S/c1-2-19(13-8-9-13)11-10-16-15-17-14(18-20-15)12-6-4-3-5-7-12/h3-7,13H,2,8-11H2,1H3,(H,16,17,18). The predicted octanol–water partition coefficient (Wildman–Crippen LogP) is 3.10. The molecule has 20 heavy (non-hydrogen) atoms. The molecule has 1 fully saturated rings. The Morgan fingerprint density at radius 3 is 2.80 bits per heavy atom. The lowest BCUT2D eigenvalue weighted by molar-refractivity contribution is 0.289. The summed E-state index contributed by atoms with van der Waals surface area (Å²) in [4.78, 5) is 7.08. The maximum Gasteiger partial charge on any atom is 0.202 e. The average Bonchev–Trinajstić information content (AvgIpc) is 3.23. The van der Waals surface area contributed by atoms with Gasteiger partial charge in [-0.25, -0.2) is 0 Å². The minimum absolute atomic E-state index is 0.813. The fourth-order valence-corrected chi connectivity index (χ4v) is 2.96. The second-order valence-corrected chi connectivity index (χ2v) is 5.83. The lowest BCUT2D eigenvalue weighted by atomic mass is 10.2. The van der Waals surface area contributed by atoms with Crippen molar-refractivity contribution in [1.82, 2.24) is 14.3 Å². The van der Waals surface area contributed by atoms with Crippen molar-refractivity contribution in [3.05, 3.63) is 30.3 Å². The summed E-state index contributed by atoms with van der Waals surface area (Å²) in [5.74, 6) is 0.813. The normalized spacial score (nSPS) is 14.7. The van der Waals surface area contributed by atoms with Crippen LogP contribution in [0.5, 0.6) is 0 Å². The lowest BCUT2D eigenvalue weighted by Crippen LogP contribution is -2.30. The largest absolute Gasteiger partial charge is 0.359 e. The van der Waals surface area contributed by atoms with Crippen LogP contribution in [0.1, 0.15) is 19.8 Å². The van der Waals surface area contributed by atoms with Gasteiger partial charge in [0.05, 0.1) is 0 Å². The monoisotopic (exact) mass is 288 g/mol. The molecule has 1 aromatic carbocycles. The molecule has 4 nitrogen and oxygen atoms in total. The van der Waals surface area contributed by atoms with Crippen LogP contribution in [0.25, 0.3) is 11.4 Å². The SMILES string of the molecule is CCN(CCNc1nc(-c2ccccc2)ns1)C1CC1. The number of hydrogen-bond acceptors (Lipinski definition) is 5. The Kier molecular flexibility index (Phi) is 4.28. The summed E-state index contributed by atoms with van der Waals surface area (Å²) in [7, 11) is 0. The van der Waals surface area contributed by atoms with Crippen LogP contribution >= 0.6 is 11.5 Å². The summed E-state index contributed by atoms with van der Waals surface area (Å²) >= 11 is 1.44. The summed E-state index contributed by atoms with van der Waals surface area (Å²) in [6, 6.07) is 10.9. The maximum atomic E-state index is 4.54. The zero-order chi connectivity index (χ0) is 13.8. The molecule has 1 aliphatic rings. The van der Waals surface area contributed by atoms with Crippen LogP contribution in [0, 0.1) is 0 Å². The molecule has 3 rings (SSSR count). The van der Waals surface area contributed by atoms with Crippen molar-refractivity contribution in [2.24, 2.45) is 0 Å². The Bertz CT molecular complexity index is 536. The average molecular weight is 288 g/mol. The Balaban J connectivity index is 1.52. The third-order valence-electron chi connectivity index (χ3n) is 3.60. The molecule has 1 aliphatic carbocycles. The van der Waals surface area contributed by atoms with E-state index in [4.69, 9.17) is 0 Å². The van der Waals surface area contributed by atoms with E-state index in [-0.39, 0.29) is 0 Å². The molecule has 5 heteroatoms. The van der Waals surface area contributed by atoms with Gasteiger partial charge in [0.25, 0.3) is 0 Å². The van der Waals surface area contributed by atoms with E-state index in [1.807, 2.05) is 30.3 Å². The quantitative estimate of drug-likeness (QED) is 0.850. The van der Waals surface area contributed by atoms with Crippen molar-refractivity contribution >= 4 is 16.7 Å². The van der Waals surface area contributed by atoms with Gasteiger partial charge in [0.15, 0.2) is 5.82 Å². The number of benzene rings is 1. The number of aromatic nitrogens is 2. The van der Waals surface area contributed by atoms with Gasteiger partial charge < -0.3 is 5.32 Å². The van der Waals surface area contributed by atoms with E-state index in [1.54, 1.807) is 0 Å². The number of likely N-dealkylation sites (N-methyl/N-ethyl adjacent to an activating group) is 1. The van der Waals surface area contributed by atoms with Gasteiger partial charge in [0.2, 0.25) is 5.13 Å². The Labute approximate surface area is 124 Å². The first kappa shape index (κ1) is 13.5. The fourth-order valence-electron chi connectivity index (χ4n) is 2.34. The van der Waals surface area contributed by atoms with Crippen LogP contribution in [0.2, 0.25) is 0 Å². The molecular formula is C15H20N4S. The van der Waals surface area contributed by atoms with Crippen LogP contribution in [0.15, 0.2) is 30.3 Å². The van der Waals surface area contributed by atoms with Gasteiger partial charge in [-0.3, -0.25) is 4.90 Å². The highest BCUT2D eigenvalue weighted by atomic mass is 32.1. The van der Waals surface area contributed by atoms with Gasteiger partial charge in [-0.15, -0.1) is 0 Å². The van der Waals surface area contributed by atoms with Crippen molar-refractivity contribution in [3.63, 3.8) is 0 Å². The van der Waals surface area contributed by atoms with Crippen molar-refractivity contribution in [3.8, 4) is 11.4 Å². The Hall–Kier alpha value is -1.46. The van der Waals surface area contributed by atoms with Crippen LogP contribution in [-0.4, -0.2) is 39.9 Å². The molecule has 1 heterocycles. The zero-order valence-corrected chi connectivity index (χ0v) is 12.6. The number of anilines is 1. The van der Waals surface area contributed by atoms with Crippen LogP contribution in [0.4, 0.5) is 5.13 Å². The second-order valence-electron chi connectivity index (χ2n) is 5.08. The highest BCUT2D eigenvalue weighted by Gasteiger charge is 2.27. The minimum atomic E-state index is 0.813.